The van der Waals surface area contributed by atoms with E-state index in [4.69, 9.17) is 4.74 Å². The van der Waals surface area contributed by atoms with Gasteiger partial charge in [-0.15, -0.1) is 0 Å². The maximum atomic E-state index is 11.5. The molecule has 1 aromatic heterocycles. The highest BCUT2D eigenvalue weighted by Gasteiger charge is 1.99. The van der Waals surface area contributed by atoms with Gasteiger partial charge in [0.1, 0.15) is 6.61 Å². The summed E-state index contributed by atoms with van der Waals surface area (Å²) in [5, 5.41) is 0. The number of aromatic nitrogens is 1. The van der Waals surface area contributed by atoms with Crippen molar-refractivity contribution in [3.63, 3.8) is 0 Å². The SMILES string of the molecule is Cc1ccncc1C#CC(=O)OCc1ccccc1. The van der Waals surface area contributed by atoms with E-state index >= 15 is 0 Å². The minimum atomic E-state index is -0.535. The molecule has 0 amide bonds. The predicted octanol–water partition coefficient (Wildman–Crippen LogP) is 2.48. The molecule has 94 valence electrons. The van der Waals surface area contributed by atoms with Crippen molar-refractivity contribution in [1.29, 1.82) is 0 Å². The van der Waals surface area contributed by atoms with Gasteiger partial charge in [-0.3, -0.25) is 4.98 Å². The number of carbonyl (C=O) groups excluding carboxylic acids is 1. The molecule has 0 aliphatic carbocycles. The van der Waals surface area contributed by atoms with Crippen molar-refractivity contribution in [1.82, 2.24) is 4.98 Å². The molecule has 19 heavy (non-hydrogen) atoms. The summed E-state index contributed by atoms with van der Waals surface area (Å²) in [5.74, 6) is 4.69. The summed E-state index contributed by atoms with van der Waals surface area (Å²) >= 11 is 0. The zero-order valence-corrected chi connectivity index (χ0v) is 10.6. The van der Waals surface area contributed by atoms with E-state index in [1.54, 1.807) is 12.4 Å². The van der Waals surface area contributed by atoms with Crippen molar-refractivity contribution in [3.05, 3.63) is 65.5 Å². The van der Waals surface area contributed by atoms with Gasteiger partial charge in [0.25, 0.3) is 0 Å². The van der Waals surface area contributed by atoms with Crippen LogP contribution in [0.1, 0.15) is 16.7 Å². The number of pyridine rings is 1. The van der Waals surface area contributed by atoms with Crippen LogP contribution in [0.25, 0.3) is 0 Å². The zero-order valence-electron chi connectivity index (χ0n) is 10.6. The standard InChI is InChI=1S/C16H13NO2/c1-13-9-10-17-11-15(13)7-8-16(18)19-12-14-5-3-2-4-6-14/h2-6,9-11H,12H2,1H3. The van der Waals surface area contributed by atoms with Crippen LogP contribution in [0.15, 0.2) is 48.8 Å². The summed E-state index contributed by atoms with van der Waals surface area (Å²) in [6.45, 7) is 2.15. The van der Waals surface area contributed by atoms with Gasteiger partial charge in [0.15, 0.2) is 0 Å². The van der Waals surface area contributed by atoms with Crippen LogP contribution in [0.4, 0.5) is 0 Å². The lowest BCUT2D eigenvalue weighted by Gasteiger charge is -2.00. The maximum absolute atomic E-state index is 11.5. The molecule has 0 aliphatic rings. The molecule has 0 bridgehead atoms. The number of hydrogen-bond donors (Lipinski definition) is 0. The fraction of sp³-hybridized carbons (Fsp3) is 0.125. The number of esters is 1. The number of nitrogens with zero attached hydrogens (tertiary/aromatic N) is 1. The Morgan fingerprint density at radius 3 is 2.79 bits per heavy atom. The lowest BCUT2D eigenvalue weighted by molar-refractivity contribution is -0.137. The molecule has 0 radical (unpaired) electrons. The third-order valence-corrected chi connectivity index (χ3v) is 2.55. The molecule has 1 heterocycles. The van der Waals surface area contributed by atoms with Crippen LogP contribution >= 0.6 is 0 Å². The Labute approximate surface area is 112 Å². The minimum Gasteiger partial charge on any atom is -0.451 e. The summed E-state index contributed by atoms with van der Waals surface area (Å²) in [7, 11) is 0. The van der Waals surface area contributed by atoms with E-state index in [9.17, 15) is 4.79 Å². The maximum Gasteiger partial charge on any atom is 0.385 e. The van der Waals surface area contributed by atoms with Crippen LogP contribution in [0.3, 0.4) is 0 Å². The van der Waals surface area contributed by atoms with E-state index < -0.39 is 5.97 Å². The molecular formula is C16H13NO2. The molecule has 3 nitrogen and oxygen atoms in total. The Morgan fingerprint density at radius 1 is 1.26 bits per heavy atom. The number of aryl methyl sites for hydroxylation is 1. The van der Waals surface area contributed by atoms with Crippen molar-refractivity contribution < 1.29 is 9.53 Å². The molecular weight excluding hydrogens is 238 g/mol. The second kappa shape index (κ2) is 6.36. The fourth-order valence-electron chi connectivity index (χ4n) is 1.47. The largest absolute Gasteiger partial charge is 0.451 e. The Kier molecular flexibility index (Phi) is 4.30. The first-order chi connectivity index (χ1) is 9.25. The first-order valence-electron chi connectivity index (χ1n) is 5.89. The topological polar surface area (TPSA) is 39.2 Å². The Morgan fingerprint density at radius 2 is 2.05 bits per heavy atom. The molecule has 0 saturated heterocycles. The van der Waals surface area contributed by atoms with Gasteiger partial charge in [-0.25, -0.2) is 4.79 Å². The molecule has 1 aromatic carbocycles. The zero-order chi connectivity index (χ0) is 13.5. The van der Waals surface area contributed by atoms with Gasteiger partial charge in [-0.05, 0) is 24.1 Å². The van der Waals surface area contributed by atoms with Gasteiger partial charge in [0.2, 0.25) is 0 Å². The van der Waals surface area contributed by atoms with E-state index in [1.807, 2.05) is 43.3 Å². The third-order valence-electron chi connectivity index (χ3n) is 2.55. The summed E-state index contributed by atoms with van der Waals surface area (Å²) in [4.78, 5) is 15.4. The van der Waals surface area contributed by atoms with E-state index in [0.29, 0.717) is 0 Å². The van der Waals surface area contributed by atoms with Crippen molar-refractivity contribution in [2.24, 2.45) is 0 Å². The molecule has 0 unspecified atom stereocenters. The summed E-state index contributed by atoms with van der Waals surface area (Å²) in [5.41, 5.74) is 2.66. The summed E-state index contributed by atoms with van der Waals surface area (Å²) in [6.07, 6.45) is 3.32. The second-order valence-corrected chi connectivity index (χ2v) is 4.00. The van der Waals surface area contributed by atoms with Gasteiger partial charge < -0.3 is 4.74 Å². The van der Waals surface area contributed by atoms with Crippen molar-refractivity contribution >= 4 is 5.97 Å². The second-order valence-electron chi connectivity index (χ2n) is 4.00. The number of rotatable bonds is 2. The Hall–Kier alpha value is -2.60. The van der Waals surface area contributed by atoms with E-state index in [0.717, 1.165) is 16.7 Å². The van der Waals surface area contributed by atoms with Crippen LogP contribution in [0, 0.1) is 18.8 Å². The molecule has 0 saturated carbocycles. The average molecular weight is 251 g/mol. The minimum absolute atomic E-state index is 0.236. The molecule has 0 aliphatic heterocycles. The van der Waals surface area contributed by atoms with Gasteiger partial charge in [-0.2, -0.15) is 0 Å². The monoisotopic (exact) mass is 251 g/mol. The molecule has 0 spiro atoms. The quantitative estimate of drug-likeness (QED) is 0.608. The van der Waals surface area contributed by atoms with Gasteiger partial charge >= 0.3 is 5.97 Å². The van der Waals surface area contributed by atoms with Crippen LogP contribution in [0.5, 0.6) is 0 Å². The lowest BCUT2D eigenvalue weighted by atomic mass is 10.2. The smallest absolute Gasteiger partial charge is 0.385 e. The van der Waals surface area contributed by atoms with Crippen LogP contribution in [0.2, 0.25) is 0 Å². The number of carbonyl (C=O) groups is 1. The van der Waals surface area contributed by atoms with Gasteiger partial charge in [0, 0.05) is 23.9 Å². The van der Waals surface area contributed by atoms with E-state index in [2.05, 4.69) is 16.8 Å². The number of ether oxygens (including phenoxy) is 1. The summed E-state index contributed by atoms with van der Waals surface area (Å²) in [6, 6.07) is 11.3. The molecule has 0 atom stereocenters. The number of benzene rings is 1. The predicted molar refractivity (Wildman–Crippen MR) is 72.1 cm³/mol. The van der Waals surface area contributed by atoms with Crippen LogP contribution in [-0.2, 0) is 16.1 Å². The van der Waals surface area contributed by atoms with Crippen LogP contribution in [-0.4, -0.2) is 11.0 Å². The lowest BCUT2D eigenvalue weighted by Crippen LogP contribution is -2.01. The molecule has 0 N–H and O–H groups in total. The molecule has 2 rings (SSSR count). The molecule has 2 aromatic rings. The van der Waals surface area contributed by atoms with E-state index in [1.165, 1.54) is 0 Å². The normalized spacial score (nSPS) is 9.32. The first-order valence-corrected chi connectivity index (χ1v) is 5.89. The number of hydrogen-bond acceptors (Lipinski definition) is 3. The molecule has 3 heteroatoms. The Balaban J connectivity index is 1.94. The van der Waals surface area contributed by atoms with Gasteiger partial charge in [0.05, 0.1) is 0 Å². The van der Waals surface area contributed by atoms with Crippen LogP contribution < -0.4 is 0 Å². The van der Waals surface area contributed by atoms with Crippen molar-refractivity contribution in [2.75, 3.05) is 0 Å². The van der Waals surface area contributed by atoms with Gasteiger partial charge in [-0.1, -0.05) is 36.3 Å². The highest BCUT2D eigenvalue weighted by molar-refractivity contribution is 5.89. The third kappa shape index (κ3) is 3.97. The molecule has 0 fully saturated rings. The first kappa shape index (κ1) is 12.8. The summed E-state index contributed by atoms with van der Waals surface area (Å²) < 4.78 is 5.06. The van der Waals surface area contributed by atoms with Crippen molar-refractivity contribution in [2.45, 2.75) is 13.5 Å². The van der Waals surface area contributed by atoms with E-state index in [-0.39, 0.29) is 6.61 Å². The highest BCUT2D eigenvalue weighted by atomic mass is 16.5. The van der Waals surface area contributed by atoms with Crippen molar-refractivity contribution in [3.8, 4) is 11.8 Å². The highest BCUT2D eigenvalue weighted by Crippen LogP contribution is 2.03. The Bertz CT molecular complexity index is 624. The fourth-order valence-corrected chi connectivity index (χ4v) is 1.47. The average Bonchev–Trinajstić information content (AvgIpc) is 2.45.